The lowest BCUT2D eigenvalue weighted by Gasteiger charge is -2.43. The van der Waals surface area contributed by atoms with Gasteiger partial charge < -0.3 is 42.6 Å². The maximum Gasteiger partial charge on any atom is 0.446 e. The van der Waals surface area contributed by atoms with Gasteiger partial charge in [-0.3, -0.25) is 0 Å². The van der Waals surface area contributed by atoms with E-state index in [4.69, 9.17) is 79.3 Å². The minimum atomic E-state index is -4.92. The van der Waals surface area contributed by atoms with Gasteiger partial charge in [-0.25, -0.2) is 14.4 Å². The van der Waals surface area contributed by atoms with E-state index in [0.717, 1.165) is 91.3 Å². The first-order chi connectivity index (χ1) is 49.1. The van der Waals surface area contributed by atoms with Crippen LogP contribution < -0.4 is 9.47 Å². The Balaban J connectivity index is 0.000000294. The van der Waals surface area contributed by atoms with Gasteiger partial charge in [0.05, 0.1) is 18.2 Å². The number of benzene rings is 8. The van der Waals surface area contributed by atoms with Crippen LogP contribution in [-0.4, -0.2) is 126 Å². The molecule has 0 bridgehead atoms. The van der Waals surface area contributed by atoms with Crippen molar-refractivity contribution in [1.29, 1.82) is 0 Å². The molecule has 0 saturated carbocycles. The van der Waals surface area contributed by atoms with Gasteiger partial charge in [0, 0.05) is 52.1 Å². The van der Waals surface area contributed by atoms with Crippen molar-refractivity contribution in [3.63, 3.8) is 0 Å². The van der Waals surface area contributed by atoms with Crippen molar-refractivity contribution < 1.29 is 60.4 Å². The van der Waals surface area contributed by atoms with Gasteiger partial charge in [-0.1, -0.05) is 143 Å². The number of hydrogen-bond donors (Lipinski definition) is 0. The van der Waals surface area contributed by atoms with E-state index in [1.165, 1.54) is 23.8 Å². The van der Waals surface area contributed by atoms with Crippen LogP contribution in [0.3, 0.4) is 0 Å². The first-order valence-electron chi connectivity index (χ1n) is 35.0. The van der Waals surface area contributed by atoms with Crippen molar-refractivity contribution in [2.45, 2.75) is 160 Å². The summed E-state index contributed by atoms with van der Waals surface area (Å²) in [5.41, 5.74) is 8.02. The Hall–Kier alpha value is -7.22. The second-order valence-corrected chi connectivity index (χ2v) is 35.3. The highest BCUT2D eigenvalue weighted by Crippen LogP contribution is 2.43. The van der Waals surface area contributed by atoms with E-state index in [1.807, 2.05) is 118 Å². The quantitative estimate of drug-likeness (QED) is 0.0168. The molecule has 0 heterocycles. The van der Waals surface area contributed by atoms with Crippen LogP contribution in [0.15, 0.2) is 194 Å². The van der Waals surface area contributed by atoms with Crippen molar-refractivity contribution in [3.8, 4) is 11.5 Å². The van der Waals surface area contributed by atoms with Gasteiger partial charge in [0.2, 0.25) is 0 Å². The summed E-state index contributed by atoms with van der Waals surface area (Å²) in [4.78, 5) is 42.5. The Labute approximate surface area is 634 Å². The SMILES string of the molecule is COC(=O)C(CCc1cccc(C(=O)OC(C)(C)C)c1)Oc1ccc(CCCN(C)CC(c2ccc(Cl)cc2)c2ccc(Cl)cc2)cc1.COC(O[Si](C)(C)C)(C(CCc1cccc(C(=O)OC(C)(C)C)c1)Oc1ccc(CCCN(C)CC(c2ccc(Cl)cc2)c2ccc(Cl)cc2)cc1)C(F)(F)F. The molecule has 8 rings (SSSR count). The summed E-state index contributed by atoms with van der Waals surface area (Å²) < 4.78 is 84.7. The van der Waals surface area contributed by atoms with E-state index in [2.05, 4.69) is 72.4 Å². The molecule has 0 saturated heterocycles. The molecule has 0 aliphatic rings. The third-order valence-electron chi connectivity index (χ3n) is 17.0. The maximum absolute atomic E-state index is 15.1. The number of likely N-dealkylation sites (N-methyl/N-ethyl adjacent to an activating group) is 2. The normalized spacial score (nSPS) is 13.2. The Morgan fingerprint density at radius 2 is 0.817 bits per heavy atom. The molecule has 104 heavy (non-hydrogen) atoms. The minimum absolute atomic E-state index is 0.114. The van der Waals surface area contributed by atoms with Crippen LogP contribution in [0.25, 0.3) is 0 Å². The number of methoxy groups -OCH3 is 2. The van der Waals surface area contributed by atoms with Gasteiger partial charge in [-0.2, -0.15) is 13.2 Å². The molecule has 0 radical (unpaired) electrons. The number of esters is 3. The second kappa shape index (κ2) is 38.9. The summed E-state index contributed by atoms with van der Waals surface area (Å²) >= 11 is 24.7. The lowest BCUT2D eigenvalue weighted by Crippen LogP contribution is -2.63. The monoisotopic (exact) mass is 1520 g/mol. The lowest BCUT2D eigenvalue weighted by molar-refractivity contribution is -0.374. The summed E-state index contributed by atoms with van der Waals surface area (Å²) in [5, 5.41) is 2.82. The number of rotatable bonds is 33. The molecule has 0 fully saturated rings. The van der Waals surface area contributed by atoms with Crippen LogP contribution in [0.4, 0.5) is 13.2 Å². The zero-order valence-corrected chi connectivity index (χ0v) is 65.9. The molecule has 20 heteroatoms. The highest BCUT2D eigenvalue weighted by atomic mass is 35.5. The molecular formula is C84H99Cl4F3N2O10Si. The highest BCUT2D eigenvalue weighted by Gasteiger charge is 2.64. The fraction of sp³-hybridized carbons (Fsp3) is 0.393. The van der Waals surface area contributed by atoms with Crippen molar-refractivity contribution in [2.24, 2.45) is 0 Å². The number of alkyl halides is 3. The predicted octanol–water partition coefficient (Wildman–Crippen LogP) is 21.0. The third kappa shape index (κ3) is 27.3. The van der Waals surface area contributed by atoms with Gasteiger partial charge >= 0.3 is 24.1 Å². The second-order valence-electron chi connectivity index (χ2n) is 29.1. The van der Waals surface area contributed by atoms with E-state index < -0.39 is 55.6 Å². The number of aryl methyl sites for hydroxylation is 4. The number of halogens is 7. The molecule has 0 aromatic heterocycles. The van der Waals surface area contributed by atoms with Crippen LogP contribution in [0.1, 0.15) is 144 Å². The molecule has 0 aliphatic heterocycles. The largest absolute Gasteiger partial charge is 0.484 e. The van der Waals surface area contributed by atoms with Crippen LogP contribution in [0, 0.1) is 0 Å². The molecule has 12 nitrogen and oxygen atoms in total. The fourth-order valence-corrected chi connectivity index (χ4v) is 13.8. The molecule has 3 atom stereocenters. The first kappa shape index (κ1) is 84.0. The number of carbonyl (C=O) groups excluding carboxylic acids is 3. The van der Waals surface area contributed by atoms with Gasteiger partial charge in [-0.05, 0) is 281 Å². The molecule has 0 aliphatic carbocycles. The van der Waals surface area contributed by atoms with E-state index in [0.29, 0.717) is 45.3 Å². The Bertz CT molecular complexity index is 3890. The molecular weight excluding hydrogens is 1420 g/mol. The van der Waals surface area contributed by atoms with Gasteiger partial charge in [0.1, 0.15) is 22.7 Å². The Morgan fingerprint density at radius 1 is 0.462 bits per heavy atom. The van der Waals surface area contributed by atoms with Crippen LogP contribution in [0.5, 0.6) is 11.5 Å². The molecule has 558 valence electrons. The highest BCUT2D eigenvalue weighted by molar-refractivity contribution is 6.69. The van der Waals surface area contributed by atoms with Crippen molar-refractivity contribution >= 4 is 72.6 Å². The van der Waals surface area contributed by atoms with E-state index in [-0.39, 0.29) is 36.4 Å². The number of nitrogens with zero attached hydrogens (tertiary/aromatic N) is 2. The number of carbonyl (C=O) groups is 3. The molecule has 3 unspecified atom stereocenters. The van der Waals surface area contributed by atoms with E-state index in [1.54, 1.807) is 88.9 Å². The average Bonchev–Trinajstić information content (AvgIpc) is 0.761. The molecule has 8 aromatic carbocycles. The molecule has 0 spiro atoms. The third-order valence-corrected chi connectivity index (χ3v) is 19.0. The Kier molecular flexibility index (Phi) is 31.4. The summed E-state index contributed by atoms with van der Waals surface area (Å²) in [6, 6.07) is 60.9. The summed E-state index contributed by atoms with van der Waals surface area (Å²) in [7, 11) is 3.75. The fourth-order valence-electron chi connectivity index (χ4n) is 12.0. The van der Waals surface area contributed by atoms with Crippen LogP contribution in [0.2, 0.25) is 39.7 Å². The standard InChI is InChI=1S/C44H54Cl2F3NO5Si.C40H45Cl2NO5/c1-42(2,3)54-41(51)35-13-9-11-32(29-35)16-27-40(43(52-5,44(47,48)49)55-56(6,7)8)53-38-25-14-31(15-26-38)12-10-28-50(4)30-39(33-17-21-36(45)22-18-33)34-19-23-37(46)24-20-34;1-40(2,3)48-38(44)32-10-6-8-29(26-32)13-24-37(39(45)46-5)47-35-22-11-28(12-23-35)9-7-25-43(4)27-36(30-14-18-33(41)19-15-30)31-16-20-34(42)21-17-31/h9,11,13-15,17-26,29,39-40H,10,12,16,27-28,30H2,1-8H3;6,8,10-12,14-23,26,36-37H,7,9,13,24-25,27H2,1-5H3. The van der Waals surface area contributed by atoms with Gasteiger partial charge in [-0.15, -0.1) is 0 Å². The van der Waals surface area contributed by atoms with Gasteiger partial charge in [0.25, 0.3) is 5.79 Å². The molecule has 0 N–H and O–H groups in total. The molecule has 0 amide bonds. The number of ether oxygens (including phenoxy) is 6. The van der Waals surface area contributed by atoms with Crippen molar-refractivity contribution in [1.82, 2.24) is 9.80 Å². The van der Waals surface area contributed by atoms with Crippen LogP contribution >= 0.6 is 46.4 Å². The topological polar surface area (TPSA) is 122 Å². The lowest BCUT2D eigenvalue weighted by atomic mass is 9.91. The zero-order valence-electron chi connectivity index (χ0n) is 61.9. The zero-order chi connectivity index (χ0) is 76.0. The van der Waals surface area contributed by atoms with Crippen molar-refractivity contribution in [2.75, 3.05) is 54.5 Å². The van der Waals surface area contributed by atoms with E-state index in [9.17, 15) is 14.4 Å². The van der Waals surface area contributed by atoms with Crippen LogP contribution in [-0.2, 0) is 53.9 Å². The first-order valence-corrected chi connectivity index (χ1v) is 39.9. The summed E-state index contributed by atoms with van der Waals surface area (Å²) in [6.45, 7) is 19.2. The van der Waals surface area contributed by atoms with E-state index >= 15 is 13.2 Å². The smallest absolute Gasteiger partial charge is 0.446 e. The Morgan fingerprint density at radius 3 is 1.14 bits per heavy atom. The van der Waals surface area contributed by atoms with Gasteiger partial charge in [0.15, 0.2) is 20.5 Å². The molecule has 8 aromatic rings. The van der Waals surface area contributed by atoms with Crippen molar-refractivity contribution in [3.05, 3.63) is 270 Å². The summed E-state index contributed by atoms with van der Waals surface area (Å²) in [6.07, 6.45) is -2.80. The number of hydrogen-bond acceptors (Lipinski definition) is 12. The summed E-state index contributed by atoms with van der Waals surface area (Å²) in [5.74, 6) is -3.19. The average molecular weight is 1520 g/mol. The predicted molar refractivity (Wildman–Crippen MR) is 415 cm³/mol. The minimum Gasteiger partial charge on any atom is -0.484 e. The maximum atomic E-state index is 15.1.